The molecule has 1 heterocycles. The molecule has 2 atom stereocenters. The molecule has 3 N–H and O–H groups in total. The summed E-state index contributed by atoms with van der Waals surface area (Å²) < 4.78 is 28.4. The van der Waals surface area contributed by atoms with Gasteiger partial charge in [0.1, 0.15) is 5.75 Å². The number of carbonyl (C=O) groups is 2. The zero-order valence-electron chi connectivity index (χ0n) is 15.6. The van der Waals surface area contributed by atoms with E-state index in [9.17, 15) is 18.0 Å². The molecular formula is C17H25ClN3O5S+. The third kappa shape index (κ3) is 6.37. The van der Waals surface area contributed by atoms with Crippen LogP contribution in [-0.4, -0.2) is 64.5 Å². The molecule has 0 spiro atoms. The van der Waals surface area contributed by atoms with Crippen molar-refractivity contribution in [2.75, 3.05) is 44.1 Å². The van der Waals surface area contributed by atoms with Gasteiger partial charge in [0.05, 0.1) is 36.9 Å². The minimum Gasteiger partial charge on any atom is -0.495 e. The van der Waals surface area contributed by atoms with Crippen molar-refractivity contribution >= 4 is 38.9 Å². The molecule has 1 aliphatic heterocycles. The summed E-state index contributed by atoms with van der Waals surface area (Å²) in [6, 6.07) is 4.89. The molecular weight excluding hydrogens is 394 g/mol. The number of rotatable bonds is 7. The van der Waals surface area contributed by atoms with Gasteiger partial charge in [0.15, 0.2) is 22.9 Å². The Morgan fingerprint density at radius 1 is 1.30 bits per heavy atom. The number of methoxy groups -OCH3 is 1. The Balaban J connectivity index is 1.86. The van der Waals surface area contributed by atoms with Crippen LogP contribution in [0.1, 0.15) is 13.3 Å². The second-order valence-corrected chi connectivity index (χ2v) is 9.77. The lowest BCUT2D eigenvalue weighted by molar-refractivity contribution is -0.862. The monoisotopic (exact) mass is 418 g/mol. The lowest BCUT2D eigenvalue weighted by Crippen LogP contribution is -3.11. The molecule has 0 saturated carbocycles. The highest BCUT2D eigenvalue weighted by atomic mass is 35.5. The van der Waals surface area contributed by atoms with Gasteiger partial charge in [-0.2, -0.15) is 0 Å². The number of hydrogen-bond acceptors (Lipinski definition) is 5. The number of halogens is 1. The fourth-order valence-corrected chi connectivity index (χ4v) is 5.34. The normalized spacial score (nSPS) is 22.1. The van der Waals surface area contributed by atoms with Crippen molar-refractivity contribution in [3.8, 4) is 5.75 Å². The summed E-state index contributed by atoms with van der Waals surface area (Å²) in [5.41, 5.74) is -0.289. The van der Waals surface area contributed by atoms with E-state index < -0.39 is 15.4 Å². The Hall–Kier alpha value is -1.84. The van der Waals surface area contributed by atoms with Crippen LogP contribution in [0.2, 0.25) is 5.02 Å². The Kier molecular flexibility index (Phi) is 6.72. The molecule has 2 rings (SSSR count). The highest BCUT2D eigenvalue weighted by Crippen LogP contribution is 2.27. The van der Waals surface area contributed by atoms with Crippen LogP contribution in [-0.2, 0) is 19.4 Å². The standard InChI is InChI=1S/C17H24ClN3O5S/c1-17(6-7-27(24,25)11-17)20-16(23)10-21(2)9-15(22)19-13-8-12(18)4-5-14(13)26-3/h4-5,8H,6-7,9-11H2,1-3H3,(H,19,22)(H,20,23)/p+1/t17-/m1/s1. The number of likely N-dealkylation sites (N-methyl/N-ethyl adjacent to an activating group) is 1. The van der Waals surface area contributed by atoms with Gasteiger partial charge in [0.25, 0.3) is 11.8 Å². The summed E-state index contributed by atoms with van der Waals surface area (Å²) in [5, 5.41) is 5.96. The van der Waals surface area contributed by atoms with Crippen molar-refractivity contribution in [2.45, 2.75) is 18.9 Å². The van der Waals surface area contributed by atoms with E-state index in [0.717, 1.165) is 0 Å². The molecule has 27 heavy (non-hydrogen) atoms. The Morgan fingerprint density at radius 3 is 2.56 bits per heavy atom. The van der Waals surface area contributed by atoms with Crippen LogP contribution in [0.3, 0.4) is 0 Å². The Bertz CT molecular complexity index is 830. The average Bonchev–Trinajstić information content (AvgIpc) is 2.79. The smallest absolute Gasteiger partial charge is 0.279 e. The first-order valence-electron chi connectivity index (χ1n) is 8.48. The highest BCUT2D eigenvalue weighted by molar-refractivity contribution is 7.91. The van der Waals surface area contributed by atoms with E-state index in [1.807, 2.05) is 0 Å². The maximum absolute atomic E-state index is 12.2. The maximum Gasteiger partial charge on any atom is 0.279 e. The minimum absolute atomic E-state index is 0.0513. The largest absolute Gasteiger partial charge is 0.495 e. The van der Waals surface area contributed by atoms with Crippen LogP contribution in [0.4, 0.5) is 5.69 Å². The summed E-state index contributed by atoms with van der Waals surface area (Å²) in [5.74, 6) is -0.0785. The molecule has 1 aromatic carbocycles. The topological polar surface area (TPSA) is 106 Å². The number of quaternary nitrogens is 1. The fraction of sp³-hybridized carbons (Fsp3) is 0.529. The van der Waals surface area contributed by atoms with Crippen molar-refractivity contribution in [3.63, 3.8) is 0 Å². The van der Waals surface area contributed by atoms with Gasteiger partial charge in [0, 0.05) is 5.02 Å². The first kappa shape index (κ1) is 21.5. The van der Waals surface area contributed by atoms with Gasteiger partial charge in [-0.15, -0.1) is 0 Å². The first-order valence-corrected chi connectivity index (χ1v) is 10.7. The van der Waals surface area contributed by atoms with E-state index in [2.05, 4.69) is 10.6 Å². The van der Waals surface area contributed by atoms with Crippen molar-refractivity contribution in [1.82, 2.24) is 5.32 Å². The highest BCUT2D eigenvalue weighted by Gasteiger charge is 2.39. The molecule has 0 radical (unpaired) electrons. The van der Waals surface area contributed by atoms with Crippen LogP contribution >= 0.6 is 11.6 Å². The van der Waals surface area contributed by atoms with E-state index in [1.54, 1.807) is 32.2 Å². The number of benzene rings is 1. The van der Waals surface area contributed by atoms with Crippen LogP contribution in [0.25, 0.3) is 0 Å². The summed E-state index contributed by atoms with van der Waals surface area (Å²) in [6.07, 6.45) is 0.398. The number of ether oxygens (including phenoxy) is 1. The predicted octanol–water partition coefficient (Wildman–Crippen LogP) is -0.505. The minimum atomic E-state index is -3.10. The lowest BCUT2D eigenvalue weighted by Gasteiger charge is -2.24. The number of hydrogen-bond donors (Lipinski definition) is 3. The van der Waals surface area contributed by atoms with Gasteiger partial charge in [-0.3, -0.25) is 9.59 Å². The lowest BCUT2D eigenvalue weighted by atomic mass is 10.0. The second-order valence-electron chi connectivity index (χ2n) is 7.15. The second kappa shape index (κ2) is 8.45. The number of anilines is 1. The third-order valence-electron chi connectivity index (χ3n) is 4.30. The quantitative estimate of drug-likeness (QED) is 0.553. The zero-order chi connectivity index (χ0) is 20.2. The van der Waals surface area contributed by atoms with Gasteiger partial charge < -0.3 is 20.3 Å². The van der Waals surface area contributed by atoms with Gasteiger partial charge in [-0.05, 0) is 31.5 Å². The van der Waals surface area contributed by atoms with Crippen molar-refractivity contribution < 1.29 is 27.6 Å². The van der Waals surface area contributed by atoms with E-state index >= 15 is 0 Å². The summed E-state index contributed by atoms with van der Waals surface area (Å²) in [4.78, 5) is 25.1. The molecule has 0 aromatic heterocycles. The van der Waals surface area contributed by atoms with Gasteiger partial charge in [0.2, 0.25) is 0 Å². The van der Waals surface area contributed by atoms with Gasteiger partial charge >= 0.3 is 0 Å². The molecule has 1 fully saturated rings. The fourth-order valence-electron chi connectivity index (χ4n) is 3.07. The van der Waals surface area contributed by atoms with E-state index in [0.29, 0.717) is 27.8 Å². The molecule has 10 heteroatoms. The molecule has 8 nitrogen and oxygen atoms in total. The number of nitrogens with one attached hydrogen (secondary N) is 3. The summed E-state index contributed by atoms with van der Waals surface area (Å²) >= 11 is 5.94. The third-order valence-corrected chi connectivity index (χ3v) is 6.44. The average molecular weight is 419 g/mol. The molecule has 1 aromatic rings. The zero-order valence-corrected chi connectivity index (χ0v) is 17.2. The van der Waals surface area contributed by atoms with Crippen LogP contribution in [0, 0.1) is 0 Å². The van der Waals surface area contributed by atoms with E-state index in [1.165, 1.54) is 7.11 Å². The van der Waals surface area contributed by atoms with Crippen LogP contribution < -0.4 is 20.3 Å². The molecule has 1 aliphatic rings. The molecule has 150 valence electrons. The Labute approximate surface area is 164 Å². The predicted molar refractivity (Wildman–Crippen MR) is 103 cm³/mol. The van der Waals surface area contributed by atoms with E-state index in [4.69, 9.17) is 16.3 Å². The van der Waals surface area contributed by atoms with Crippen molar-refractivity contribution in [1.29, 1.82) is 0 Å². The molecule has 2 amide bonds. The molecule has 0 bridgehead atoms. The van der Waals surface area contributed by atoms with Gasteiger partial charge in [-0.25, -0.2) is 8.42 Å². The molecule has 1 unspecified atom stereocenters. The number of amides is 2. The molecule has 0 aliphatic carbocycles. The first-order chi connectivity index (χ1) is 12.5. The number of carbonyl (C=O) groups excluding carboxylic acids is 2. The van der Waals surface area contributed by atoms with Crippen LogP contribution in [0.5, 0.6) is 5.75 Å². The van der Waals surface area contributed by atoms with Crippen LogP contribution in [0.15, 0.2) is 18.2 Å². The SMILES string of the molecule is COc1ccc(Cl)cc1NC(=O)C[NH+](C)CC(=O)N[C@]1(C)CCS(=O)(=O)C1. The Morgan fingerprint density at radius 2 is 1.96 bits per heavy atom. The van der Waals surface area contributed by atoms with Crippen molar-refractivity contribution in [2.24, 2.45) is 0 Å². The number of sulfone groups is 1. The van der Waals surface area contributed by atoms with Crippen molar-refractivity contribution in [3.05, 3.63) is 23.2 Å². The molecule has 1 saturated heterocycles. The summed E-state index contributed by atoms with van der Waals surface area (Å²) in [6.45, 7) is 1.83. The van der Waals surface area contributed by atoms with E-state index in [-0.39, 0.29) is 36.4 Å². The maximum atomic E-state index is 12.2. The summed E-state index contributed by atoms with van der Waals surface area (Å²) in [7, 11) is 0.101. The van der Waals surface area contributed by atoms with Gasteiger partial charge in [-0.1, -0.05) is 11.6 Å².